The van der Waals surface area contributed by atoms with E-state index in [0.29, 0.717) is 19.3 Å². The Morgan fingerprint density at radius 2 is 1.70 bits per heavy atom. The van der Waals surface area contributed by atoms with Crippen molar-refractivity contribution in [3.8, 4) is 0 Å². The van der Waals surface area contributed by atoms with E-state index in [2.05, 4.69) is 0 Å². The zero-order valence-corrected chi connectivity index (χ0v) is 13.9. The molecule has 0 aliphatic carbocycles. The van der Waals surface area contributed by atoms with Crippen molar-refractivity contribution in [1.29, 1.82) is 0 Å². The van der Waals surface area contributed by atoms with E-state index in [1.165, 1.54) is 0 Å². The van der Waals surface area contributed by atoms with Crippen LogP contribution in [0.2, 0.25) is 0 Å². The van der Waals surface area contributed by atoms with Crippen LogP contribution in [0.3, 0.4) is 0 Å². The van der Waals surface area contributed by atoms with Gasteiger partial charge in [-0.25, -0.2) is 26.0 Å². The van der Waals surface area contributed by atoms with E-state index in [9.17, 15) is 26.0 Å². The van der Waals surface area contributed by atoms with Crippen LogP contribution in [0.25, 0.3) is 0 Å². The second kappa shape index (κ2) is 7.33. The Morgan fingerprint density at radius 1 is 1.17 bits per heavy atom. The molecular weight excluding hydrogens is 360 g/mol. The van der Waals surface area contributed by atoms with Gasteiger partial charge in [0.15, 0.2) is 28.2 Å². The lowest BCUT2D eigenvalue weighted by Crippen LogP contribution is -2.51. The Bertz CT molecular complexity index is 659. The van der Waals surface area contributed by atoms with E-state index < -0.39 is 50.3 Å². The van der Waals surface area contributed by atoms with Gasteiger partial charge in [0.25, 0.3) is 0 Å². The van der Waals surface area contributed by atoms with Gasteiger partial charge >= 0.3 is 0 Å². The topological polar surface area (TPSA) is 63.4 Å². The predicted molar refractivity (Wildman–Crippen MR) is 78.7 cm³/mol. The monoisotopic (exact) mass is 376 g/mol. The minimum Gasteiger partial charge on any atom is -0.326 e. The van der Waals surface area contributed by atoms with E-state index in [1.54, 1.807) is 6.92 Å². The van der Waals surface area contributed by atoms with Crippen molar-refractivity contribution >= 4 is 22.4 Å². The largest absolute Gasteiger partial charge is 0.326 e. The fourth-order valence-electron chi connectivity index (χ4n) is 2.65. The third-order valence-electron chi connectivity index (χ3n) is 3.74. The van der Waals surface area contributed by atoms with E-state index in [1.807, 2.05) is 0 Å². The van der Waals surface area contributed by atoms with E-state index in [0.717, 1.165) is 4.31 Å². The van der Waals surface area contributed by atoms with Crippen LogP contribution in [0.5, 0.6) is 0 Å². The number of rotatable bonds is 3. The summed E-state index contributed by atoms with van der Waals surface area (Å²) >= 11 is 0. The van der Waals surface area contributed by atoms with Gasteiger partial charge in [0.1, 0.15) is 0 Å². The first kappa shape index (κ1) is 20.1. The maximum absolute atomic E-state index is 13.8. The standard InChI is InChI=1S/C13H16F4N2O2S.ClH/c1-7(18)10-4-2-3-5-19(10)22(20,21)13-11(16)8(14)6-9(15)12(13)17;/h6-7,10H,2-5,18H2,1H3;1H. The summed E-state index contributed by atoms with van der Waals surface area (Å²) in [7, 11) is -4.74. The van der Waals surface area contributed by atoms with Gasteiger partial charge < -0.3 is 5.73 Å². The second-order valence-corrected chi connectivity index (χ2v) is 7.16. The SMILES string of the molecule is CC(N)C1CCCCN1S(=O)(=O)c1c(F)c(F)cc(F)c1F.Cl. The predicted octanol–water partition coefficient (Wildman–Crippen LogP) is 2.56. The molecule has 0 radical (unpaired) electrons. The van der Waals surface area contributed by atoms with Gasteiger partial charge in [-0.3, -0.25) is 0 Å². The van der Waals surface area contributed by atoms with Crippen molar-refractivity contribution in [1.82, 2.24) is 4.31 Å². The minimum absolute atomic E-state index is 0. The molecule has 0 saturated carbocycles. The zero-order valence-electron chi connectivity index (χ0n) is 12.2. The van der Waals surface area contributed by atoms with Crippen LogP contribution >= 0.6 is 12.4 Å². The van der Waals surface area contributed by atoms with Crippen LogP contribution in [0.15, 0.2) is 11.0 Å². The van der Waals surface area contributed by atoms with Gasteiger partial charge in [-0.2, -0.15) is 4.31 Å². The quantitative estimate of drug-likeness (QED) is 0.651. The Morgan fingerprint density at radius 3 is 2.17 bits per heavy atom. The number of benzene rings is 1. The Labute approximate surface area is 138 Å². The Kier molecular flexibility index (Phi) is 6.42. The smallest absolute Gasteiger partial charge is 0.249 e. The first-order valence-electron chi connectivity index (χ1n) is 6.78. The summed E-state index contributed by atoms with van der Waals surface area (Å²) in [4.78, 5) is -1.60. The molecule has 1 aliphatic rings. The molecular formula is C13H17ClF4N2O2S. The summed E-state index contributed by atoms with van der Waals surface area (Å²) in [5, 5.41) is 0. The highest BCUT2D eigenvalue weighted by Crippen LogP contribution is 2.31. The summed E-state index contributed by atoms with van der Waals surface area (Å²) in [6, 6.07) is -1.29. The lowest BCUT2D eigenvalue weighted by molar-refractivity contribution is 0.225. The first-order chi connectivity index (χ1) is 10.2. The Balaban J connectivity index is 0.00000264. The van der Waals surface area contributed by atoms with Crippen molar-refractivity contribution in [2.24, 2.45) is 5.73 Å². The molecule has 23 heavy (non-hydrogen) atoms. The molecule has 1 aromatic carbocycles. The summed E-state index contributed by atoms with van der Waals surface area (Å²) in [5.41, 5.74) is 5.73. The average molecular weight is 377 g/mol. The molecule has 1 heterocycles. The normalized spacial score (nSPS) is 20.9. The fourth-order valence-corrected chi connectivity index (χ4v) is 4.56. The lowest BCUT2D eigenvalue weighted by Gasteiger charge is -2.36. The number of piperidine rings is 1. The molecule has 0 amide bonds. The minimum atomic E-state index is -4.74. The maximum Gasteiger partial charge on any atom is 0.249 e. The molecule has 4 nitrogen and oxygen atoms in total. The van der Waals surface area contributed by atoms with Crippen LogP contribution in [0.1, 0.15) is 26.2 Å². The second-order valence-electron chi connectivity index (χ2n) is 5.34. The highest BCUT2D eigenvalue weighted by molar-refractivity contribution is 7.89. The van der Waals surface area contributed by atoms with Gasteiger partial charge in [0.05, 0.1) is 0 Å². The van der Waals surface area contributed by atoms with Gasteiger partial charge in [-0.15, -0.1) is 12.4 Å². The van der Waals surface area contributed by atoms with Crippen molar-refractivity contribution in [2.75, 3.05) is 6.54 Å². The van der Waals surface area contributed by atoms with Crippen molar-refractivity contribution in [3.63, 3.8) is 0 Å². The molecule has 1 fully saturated rings. The van der Waals surface area contributed by atoms with Gasteiger partial charge in [0, 0.05) is 24.7 Å². The van der Waals surface area contributed by atoms with Crippen LogP contribution in [0, 0.1) is 23.3 Å². The molecule has 1 saturated heterocycles. The van der Waals surface area contributed by atoms with Crippen LogP contribution in [-0.2, 0) is 10.0 Å². The van der Waals surface area contributed by atoms with Crippen LogP contribution < -0.4 is 5.73 Å². The molecule has 0 aromatic heterocycles. The van der Waals surface area contributed by atoms with E-state index in [-0.39, 0.29) is 25.0 Å². The van der Waals surface area contributed by atoms with Gasteiger partial charge in [0.2, 0.25) is 10.0 Å². The van der Waals surface area contributed by atoms with Crippen molar-refractivity contribution in [3.05, 3.63) is 29.3 Å². The average Bonchev–Trinajstić information content (AvgIpc) is 2.45. The third kappa shape index (κ3) is 3.62. The van der Waals surface area contributed by atoms with Crippen LogP contribution in [-0.4, -0.2) is 31.4 Å². The summed E-state index contributed by atoms with van der Waals surface area (Å²) in [6.45, 7) is 1.56. The number of nitrogens with two attached hydrogens (primary N) is 1. The molecule has 1 aromatic rings. The third-order valence-corrected chi connectivity index (χ3v) is 5.69. The van der Waals surface area contributed by atoms with Crippen LogP contribution in [0.4, 0.5) is 17.6 Å². The molecule has 2 unspecified atom stereocenters. The van der Waals surface area contributed by atoms with Crippen molar-refractivity contribution in [2.45, 2.75) is 43.2 Å². The summed E-state index contributed by atoms with van der Waals surface area (Å²) < 4.78 is 80.0. The van der Waals surface area contributed by atoms with E-state index >= 15 is 0 Å². The molecule has 0 bridgehead atoms. The summed E-state index contributed by atoms with van der Waals surface area (Å²) in [5.74, 6) is -7.36. The number of nitrogens with zero attached hydrogens (tertiary/aromatic N) is 1. The molecule has 0 spiro atoms. The number of halogens is 5. The number of hydrogen-bond donors (Lipinski definition) is 1. The van der Waals surface area contributed by atoms with E-state index in [4.69, 9.17) is 5.73 Å². The first-order valence-corrected chi connectivity index (χ1v) is 8.22. The molecule has 132 valence electrons. The molecule has 10 heteroatoms. The molecule has 2 atom stereocenters. The highest BCUT2D eigenvalue weighted by Gasteiger charge is 2.40. The molecule has 2 rings (SSSR count). The van der Waals surface area contributed by atoms with Crippen molar-refractivity contribution < 1.29 is 26.0 Å². The molecule has 2 N–H and O–H groups in total. The fraction of sp³-hybridized carbons (Fsp3) is 0.538. The lowest BCUT2D eigenvalue weighted by atomic mass is 10.00. The highest BCUT2D eigenvalue weighted by atomic mass is 35.5. The number of sulfonamides is 1. The van der Waals surface area contributed by atoms with Gasteiger partial charge in [-0.05, 0) is 19.8 Å². The molecule has 1 aliphatic heterocycles. The van der Waals surface area contributed by atoms with Gasteiger partial charge in [-0.1, -0.05) is 6.42 Å². The zero-order chi connectivity index (χ0) is 16.7. The summed E-state index contributed by atoms with van der Waals surface area (Å²) in [6.07, 6.45) is 1.60. The number of hydrogen-bond acceptors (Lipinski definition) is 3. The maximum atomic E-state index is 13.8. The Hall–Kier alpha value is -0.900.